The highest BCUT2D eigenvalue weighted by molar-refractivity contribution is 5.83. The summed E-state index contributed by atoms with van der Waals surface area (Å²) in [5.41, 5.74) is 1.59. The lowest BCUT2D eigenvalue weighted by Crippen LogP contribution is -2.51. The number of rotatable bonds is 8. The van der Waals surface area contributed by atoms with Gasteiger partial charge >= 0.3 is 5.97 Å². The van der Waals surface area contributed by atoms with E-state index in [0.29, 0.717) is 6.42 Å². The van der Waals surface area contributed by atoms with Crippen LogP contribution in [0.15, 0.2) is 30.5 Å². The highest BCUT2D eigenvalue weighted by atomic mass is 16.4. The topological polar surface area (TPSA) is 82.2 Å². The van der Waals surface area contributed by atoms with Crippen LogP contribution in [0.3, 0.4) is 0 Å². The van der Waals surface area contributed by atoms with Gasteiger partial charge in [0, 0.05) is 29.1 Å². The van der Waals surface area contributed by atoms with E-state index in [1.165, 1.54) is 10.9 Å². The van der Waals surface area contributed by atoms with Crippen LogP contribution >= 0.6 is 0 Å². The number of aromatic amines is 1. The molecule has 2 aromatic rings. The van der Waals surface area contributed by atoms with Gasteiger partial charge < -0.3 is 15.4 Å². The molecule has 1 amide bonds. The summed E-state index contributed by atoms with van der Waals surface area (Å²) in [6.45, 7) is 5.65. The number of amides is 1. The van der Waals surface area contributed by atoms with Gasteiger partial charge in [0.2, 0.25) is 5.91 Å². The first-order valence-electron chi connectivity index (χ1n) is 8.39. The second-order valence-corrected chi connectivity index (χ2v) is 6.90. The van der Waals surface area contributed by atoms with Crippen LogP contribution in [0.5, 0.6) is 0 Å². The molecule has 1 heterocycles. The normalized spacial score (nSPS) is 13.8. The minimum absolute atomic E-state index is 0.0474. The van der Waals surface area contributed by atoms with E-state index in [1.807, 2.05) is 38.2 Å². The van der Waals surface area contributed by atoms with Gasteiger partial charge in [-0.1, -0.05) is 32.0 Å². The largest absolute Gasteiger partial charge is 0.481 e. The highest BCUT2D eigenvalue weighted by Gasteiger charge is 2.32. The predicted molar refractivity (Wildman–Crippen MR) is 94.9 cm³/mol. The summed E-state index contributed by atoms with van der Waals surface area (Å²) in [5, 5.41) is 13.2. The zero-order valence-electron chi connectivity index (χ0n) is 14.6. The van der Waals surface area contributed by atoms with Crippen molar-refractivity contribution in [2.24, 2.45) is 5.92 Å². The molecule has 0 aliphatic carbocycles. The Morgan fingerprint density at radius 3 is 2.67 bits per heavy atom. The van der Waals surface area contributed by atoms with Crippen molar-refractivity contribution in [3.05, 3.63) is 36.0 Å². The molecule has 1 unspecified atom stereocenters. The fraction of sp³-hybridized carbons (Fsp3) is 0.474. The summed E-state index contributed by atoms with van der Waals surface area (Å²) >= 11 is 0. The molecule has 5 nitrogen and oxygen atoms in total. The van der Waals surface area contributed by atoms with Gasteiger partial charge in [0.1, 0.15) is 0 Å². The zero-order valence-corrected chi connectivity index (χ0v) is 14.6. The maximum Gasteiger partial charge on any atom is 0.305 e. The Labute approximate surface area is 142 Å². The van der Waals surface area contributed by atoms with Crippen molar-refractivity contribution in [1.29, 1.82) is 0 Å². The molecule has 24 heavy (non-hydrogen) atoms. The summed E-state index contributed by atoms with van der Waals surface area (Å²) in [5.74, 6) is -0.941. The number of nitrogens with one attached hydrogen (secondary N) is 2. The smallest absolute Gasteiger partial charge is 0.305 e. The Kier molecular flexibility index (Phi) is 5.65. The van der Waals surface area contributed by atoms with Crippen LogP contribution in [0.1, 0.15) is 45.6 Å². The summed E-state index contributed by atoms with van der Waals surface area (Å²) in [4.78, 5) is 26.5. The number of hydrogen-bond acceptors (Lipinski definition) is 2. The lowest BCUT2D eigenvalue weighted by molar-refractivity contribution is -0.139. The first kappa shape index (κ1) is 18.0. The molecule has 2 rings (SSSR count). The molecule has 3 N–H and O–H groups in total. The van der Waals surface area contributed by atoms with Crippen molar-refractivity contribution in [2.45, 2.75) is 52.0 Å². The molecule has 1 aromatic heterocycles. The van der Waals surface area contributed by atoms with Crippen LogP contribution in [0.25, 0.3) is 10.9 Å². The van der Waals surface area contributed by atoms with E-state index in [9.17, 15) is 9.59 Å². The number of carbonyl (C=O) groups is 2. The molecule has 0 fully saturated rings. The van der Waals surface area contributed by atoms with Crippen LogP contribution in [0.2, 0.25) is 0 Å². The van der Waals surface area contributed by atoms with Crippen LogP contribution < -0.4 is 5.32 Å². The third-order valence-electron chi connectivity index (χ3n) is 4.74. The van der Waals surface area contributed by atoms with Gasteiger partial charge in [-0.25, -0.2) is 0 Å². The third kappa shape index (κ3) is 4.37. The van der Waals surface area contributed by atoms with Crippen molar-refractivity contribution >= 4 is 22.8 Å². The van der Waals surface area contributed by atoms with Crippen molar-refractivity contribution in [3.8, 4) is 0 Å². The molecule has 1 atom stereocenters. The number of carbonyl (C=O) groups excluding carboxylic acids is 1. The molecule has 0 saturated heterocycles. The minimum atomic E-state index is -0.898. The Morgan fingerprint density at radius 2 is 2.00 bits per heavy atom. The number of carboxylic acid groups (broad SMARTS) is 1. The SMILES string of the molecule is CC(C)C(C)(CC(=O)O)NC(=O)CCCc1c[nH]c2ccccc12. The van der Waals surface area contributed by atoms with Gasteiger partial charge in [0.15, 0.2) is 0 Å². The highest BCUT2D eigenvalue weighted by Crippen LogP contribution is 2.22. The van der Waals surface area contributed by atoms with Crippen molar-refractivity contribution < 1.29 is 14.7 Å². The average molecular weight is 330 g/mol. The quantitative estimate of drug-likeness (QED) is 0.693. The molecule has 1 aromatic carbocycles. The third-order valence-corrected chi connectivity index (χ3v) is 4.74. The number of fused-ring (bicyclic) bond motifs is 1. The Bertz CT molecular complexity index is 720. The average Bonchev–Trinajstić information content (AvgIpc) is 2.89. The Balaban J connectivity index is 1.89. The second kappa shape index (κ2) is 7.51. The molecule has 0 aliphatic rings. The van der Waals surface area contributed by atoms with Crippen molar-refractivity contribution in [1.82, 2.24) is 10.3 Å². The summed E-state index contributed by atoms with van der Waals surface area (Å²) in [7, 11) is 0. The number of carboxylic acids is 1. The van der Waals surface area contributed by atoms with E-state index in [4.69, 9.17) is 5.11 Å². The van der Waals surface area contributed by atoms with E-state index < -0.39 is 11.5 Å². The van der Waals surface area contributed by atoms with Crippen molar-refractivity contribution in [3.63, 3.8) is 0 Å². The molecule has 0 aliphatic heterocycles. The second-order valence-electron chi connectivity index (χ2n) is 6.90. The van der Waals surface area contributed by atoms with Gasteiger partial charge in [0.05, 0.1) is 6.42 Å². The monoisotopic (exact) mass is 330 g/mol. The number of para-hydroxylation sites is 1. The van der Waals surface area contributed by atoms with E-state index in [0.717, 1.165) is 18.4 Å². The van der Waals surface area contributed by atoms with E-state index in [1.54, 1.807) is 6.92 Å². The standard InChI is InChI=1S/C19H26N2O3/c1-13(2)19(3,11-18(23)24)21-17(22)10-6-7-14-12-20-16-9-5-4-8-15(14)16/h4-5,8-9,12-13,20H,6-7,10-11H2,1-3H3,(H,21,22)(H,23,24). The number of aryl methyl sites for hydroxylation is 1. The summed E-state index contributed by atoms with van der Waals surface area (Å²) < 4.78 is 0. The van der Waals surface area contributed by atoms with Gasteiger partial charge in [-0.05, 0) is 37.3 Å². The van der Waals surface area contributed by atoms with Crippen LogP contribution in [0, 0.1) is 5.92 Å². The number of aromatic nitrogens is 1. The molecule has 0 saturated carbocycles. The van der Waals surface area contributed by atoms with E-state index in [2.05, 4.69) is 16.4 Å². The molecule has 5 heteroatoms. The zero-order chi connectivity index (χ0) is 17.7. The molecule has 0 radical (unpaired) electrons. The molecule has 0 bridgehead atoms. The molecule has 0 spiro atoms. The Hall–Kier alpha value is -2.30. The van der Waals surface area contributed by atoms with E-state index >= 15 is 0 Å². The van der Waals surface area contributed by atoms with Crippen LogP contribution in [-0.4, -0.2) is 27.5 Å². The van der Waals surface area contributed by atoms with Crippen LogP contribution in [0.4, 0.5) is 0 Å². The predicted octanol–water partition coefficient (Wildman–Crippen LogP) is 3.50. The Morgan fingerprint density at radius 1 is 1.29 bits per heavy atom. The number of aliphatic carboxylic acids is 1. The summed E-state index contributed by atoms with van der Waals surface area (Å²) in [6, 6.07) is 8.10. The summed E-state index contributed by atoms with van der Waals surface area (Å²) in [6.07, 6.45) is 3.86. The first-order chi connectivity index (χ1) is 11.3. The number of hydrogen-bond donors (Lipinski definition) is 3. The molecular weight excluding hydrogens is 304 g/mol. The number of benzene rings is 1. The van der Waals surface area contributed by atoms with Gasteiger partial charge in [-0.15, -0.1) is 0 Å². The van der Waals surface area contributed by atoms with Crippen LogP contribution in [-0.2, 0) is 16.0 Å². The van der Waals surface area contributed by atoms with Gasteiger partial charge in [-0.2, -0.15) is 0 Å². The van der Waals surface area contributed by atoms with Crippen molar-refractivity contribution in [2.75, 3.05) is 0 Å². The van der Waals surface area contributed by atoms with Gasteiger partial charge in [-0.3, -0.25) is 9.59 Å². The molecular formula is C19H26N2O3. The maximum absolute atomic E-state index is 12.2. The maximum atomic E-state index is 12.2. The fourth-order valence-corrected chi connectivity index (χ4v) is 2.87. The van der Waals surface area contributed by atoms with E-state index in [-0.39, 0.29) is 18.2 Å². The van der Waals surface area contributed by atoms with Gasteiger partial charge in [0.25, 0.3) is 0 Å². The fourth-order valence-electron chi connectivity index (χ4n) is 2.87. The lowest BCUT2D eigenvalue weighted by atomic mass is 9.85. The minimum Gasteiger partial charge on any atom is -0.481 e. The number of H-pyrrole nitrogens is 1. The first-order valence-corrected chi connectivity index (χ1v) is 8.39. The molecule has 130 valence electrons. The lowest BCUT2D eigenvalue weighted by Gasteiger charge is -2.33.